The topological polar surface area (TPSA) is 12.0 Å². The minimum absolute atomic E-state index is 0.292. The van der Waals surface area contributed by atoms with Crippen LogP contribution in [0.4, 0.5) is 0 Å². The molecule has 1 aromatic carbocycles. The van der Waals surface area contributed by atoms with Crippen molar-refractivity contribution in [3.05, 3.63) is 56.2 Å². The molecule has 1 aromatic heterocycles. The van der Waals surface area contributed by atoms with Crippen LogP contribution in [0.25, 0.3) is 0 Å². The molecule has 0 aliphatic heterocycles. The van der Waals surface area contributed by atoms with E-state index >= 15 is 0 Å². The molecule has 1 unspecified atom stereocenters. The van der Waals surface area contributed by atoms with E-state index in [-0.39, 0.29) is 0 Å². The van der Waals surface area contributed by atoms with Crippen LogP contribution in [-0.4, -0.2) is 6.54 Å². The second-order valence-corrected chi connectivity index (χ2v) is 5.98. The quantitative estimate of drug-likeness (QED) is 0.835. The molecule has 0 saturated heterocycles. The summed E-state index contributed by atoms with van der Waals surface area (Å²) in [6.45, 7) is 5.33. The summed E-state index contributed by atoms with van der Waals surface area (Å²) in [5, 5.41) is 5.73. The van der Waals surface area contributed by atoms with E-state index in [9.17, 15) is 0 Å². The van der Waals surface area contributed by atoms with Crippen LogP contribution in [0.15, 0.2) is 40.2 Å². The highest BCUT2D eigenvalue weighted by Gasteiger charge is 2.19. The van der Waals surface area contributed by atoms with Crippen molar-refractivity contribution in [2.75, 3.05) is 6.54 Å². The minimum Gasteiger partial charge on any atom is -0.306 e. The van der Waals surface area contributed by atoms with E-state index < -0.39 is 0 Å². The Hall–Kier alpha value is -0.640. The fourth-order valence-electron chi connectivity index (χ4n) is 2.20. The number of aryl methyl sites for hydroxylation is 1. The summed E-state index contributed by atoms with van der Waals surface area (Å²) >= 11 is 5.45. The molecule has 0 aliphatic rings. The van der Waals surface area contributed by atoms with Crippen molar-refractivity contribution >= 4 is 27.3 Å². The van der Waals surface area contributed by atoms with Crippen LogP contribution < -0.4 is 5.32 Å². The summed E-state index contributed by atoms with van der Waals surface area (Å²) in [5.41, 5.74) is 2.81. The molecule has 1 nitrogen and oxygen atoms in total. The van der Waals surface area contributed by atoms with Gasteiger partial charge in [-0.3, -0.25) is 0 Å². The first kappa shape index (κ1) is 13.8. The molecule has 1 heterocycles. The second-order valence-electron chi connectivity index (χ2n) is 4.18. The molecule has 0 aliphatic carbocycles. The number of hydrogen-bond donors (Lipinski definition) is 1. The van der Waals surface area contributed by atoms with Crippen LogP contribution in [0, 0.1) is 0 Å². The summed E-state index contributed by atoms with van der Waals surface area (Å²) in [6, 6.07) is 11.1. The molecular formula is C15H18BrNS. The van der Waals surface area contributed by atoms with E-state index in [1.54, 1.807) is 11.3 Å². The number of hydrogen-bond acceptors (Lipinski definition) is 2. The van der Waals surface area contributed by atoms with Crippen molar-refractivity contribution in [1.29, 1.82) is 0 Å². The van der Waals surface area contributed by atoms with Crippen molar-refractivity contribution in [2.45, 2.75) is 26.3 Å². The summed E-state index contributed by atoms with van der Waals surface area (Å²) in [4.78, 5) is 1.36. The Morgan fingerprint density at radius 1 is 1.22 bits per heavy atom. The van der Waals surface area contributed by atoms with E-state index in [0.29, 0.717) is 6.04 Å². The van der Waals surface area contributed by atoms with Crippen LogP contribution >= 0.6 is 27.3 Å². The Morgan fingerprint density at radius 3 is 2.61 bits per heavy atom. The maximum Gasteiger partial charge on any atom is 0.0685 e. The number of nitrogens with one attached hydrogen (secondary N) is 1. The molecule has 0 saturated carbocycles. The van der Waals surface area contributed by atoms with Gasteiger partial charge in [-0.1, -0.05) is 38.1 Å². The highest BCUT2D eigenvalue weighted by molar-refractivity contribution is 9.10. The molecule has 2 aromatic rings. The maximum atomic E-state index is 3.65. The van der Waals surface area contributed by atoms with E-state index in [4.69, 9.17) is 0 Å². The molecule has 1 atom stereocenters. The summed E-state index contributed by atoms with van der Waals surface area (Å²) < 4.78 is 1.20. The predicted octanol–water partition coefficient (Wildman–Crippen LogP) is 4.77. The van der Waals surface area contributed by atoms with Gasteiger partial charge in [-0.15, -0.1) is 11.3 Å². The first-order chi connectivity index (χ1) is 8.77. The van der Waals surface area contributed by atoms with Gasteiger partial charge in [-0.25, -0.2) is 0 Å². The molecule has 0 spiro atoms. The van der Waals surface area contributed by atoms with E-state index in [2.05, 4.69) is 70.8 Å². The van der Waals surface area contributed by atoms with Crippen LogP contribution in [0.2, 0.25) is 0 Å². The van der Waals surface area contributed by atoms with Crippen LogP contribution in [0.5, 0.6) is 0 Å². The van der Waals surface area contributed by atoms with Gasteiger partial charge in [0.25, 0.3) is 0 Å². The lowest BCUT2D eigenvalue weighted by Gasteiger charge is -2.20. The molecular weight excluding hydrogens is 306 g/mol. The third-order valence-electron chi connectivity index (χ3n) is 3.06. The smallest absolute Gasteiger partial charge is 0.0685 e. The largest absolute Gasteiger partial charge is 0.306 e. The summed E-state index contributed by atoms with van der Waals surface area (Å²) in [5.74, 6) is 0. The standard InChI is InChI=1S/C15H18BrNS/c1-3-11-7-5-6-8-12(11)14(17-4-2)15-13(16)9-10-18-15/h5-10,14,17H,3-4H2,1-2H3. The molecule has 96 valence electrons. The van der Waals surface area contributed by atoms with Gasteiger partial charge in [0.2, 0.25) is 0 Å². The van der Waals surface area contributed by atoms with Crippen molar-refractivity contribution in [3.63, 3.8) is 0 Å². The Kier molecular flexibility index (Phi) is 4.98. The summed E-state index contributed by atoms with van der Waals surface area (Å²) in [6.07, 6.45) is 1.07. The molecule has 1 N–H and O–H groups in total. The van der Waals surface area contributed by atoms with Crippen LogP contribution in [0.1, 0.15) is 35.9 Å². The maximum absolute atomic E-state index is 3.65. The Balaban J connectivity index is 2.45. The zero-order chi connectivity index (χ0) is 13.0. The van der Waals surface area contributed by atoms with E-state index in [1.165, 1.54) is 20.5 Å². The number of thiophene rings is 1. The Morgan fingerprint density at radius 2 is 2.00 bits per heavy atom. The average Bonchev–Trinajstić information content (AvgIpc) is 2.82. The third kappa shape index (κ3) is 2.85. The number of halogens is 1. The zero-order valence-corrected chi connectivity index (χ0v) is 13.1. The van der Waals surface area contributed by atoms with Crippen LogP contribution in [0.3, 0.4) is 0 Å². The van der Waals surface area contributed by atoms with Gasteiger partial charge < -0.3 is 5.32 Å². The van der Waals surface area contributed by atoms with Gasteiger partial charge in [-0.05, 0) is 51.5 Å². The SMILES string of the molecule is CCNC(c1ccccc1CC)c1sccc1Br. The molecule has 3 heteroatoms. The fraction of sp³-hybridized carbons (Fsp3) is 0.333. The van der Waals surface area contributed by atoms with E-state index in [0.717, 1.165) is 13.0 Å². The van der Waals surface area contributed by atoms with Gasteiger partial charge in [0.1, 0.15) is 0 Å². The Labute approximate surface area is 121 Å². The van der Waals surface area contributed by atoms with Crippen molar-refractivity contribution < 1.29 is 0 Å². The highest BCUT2D eigenvalue weighted by Crippen LogP contribution is 2.34. The lowest BCUT2D eigenvalue weighted by atomic mass is 9.97. The lowest BCUT2D eigenvalue weighted by Crippen LogP contribution is -2.22. The highest BCUT2D eigenvalue weighted by atomic mass is 79.9. The molecule has 2 rings (SSSR count). The molecule has 0 bridgehead atoms. The van der Waals surface area contributed by atoms with Crippen molar-refractivity contribution in [3.8, 4) is 0 Å². The molecule has 0 radical (unpaired) electrons. The van der Waals surface area contributed by atoms with Gasteiger partial charge in [0.15, 0.2) is 0 Å². The van der Waals surface area contributed by atoms with E-state index in [1.807, 2.05) is 0 Å². The van der Waals surface area contributed by atoms with Gasteiger partial charge in [0, 0.05) is 9.35 Å². The van der Waals surface area contributed by atoms with Gasteiger partial charge >= 0.3 is 0 Å². The molecule has 18 heavy (non-hydrogen) atoms. The van der Waals surface area contributed by atoms with Gasteiger partial charge in [0.05, 0.1) is 6.04 Å². The molecule has 0 fully saturated rings. The number of rotatable bonds is 5. The zero-order valence-electron chi connectivity index (χ0n) is 10.7. The second kappa shape index (κ2) is 6.50. The lowest BCUT2D eigenvalue weighted by molar-refractivity contribution is 0.633. The van der Waals surface area contributed by atoms with Crippen LogP contribution in [-0.2, 0) is 6.42 Å². The first-order valence-corrected chi connectivity index (χ1v) is 7.99. The molecule has 0 amide bonds. The van der Waals surface area contributed by atoms with Crippen molar-refractivity contribution in [2.24, 2.45) is 0 Å². The number of benzene rings is 1. The minimum atomic E-state index is 0.292. The third-order valence-corrected chi connectivity index (χ3v) is 5.00. The van der Waals surface area contributed by atoms with Crippen molar-refractivity contribution in [1.82, 2.24) is 5.32 Å². The average molecular weight is 324 g/mol. The summed E-state index contributed by atoms with van der Waals surface area (Å²) in [7, 11) is 0. The first-order valence-electron chi connectivity index (χ1n) is 6.32. The fourth-order valence-corrected chi connectivity index (χ4v) is 3.89. The predicted molar refractivity (Wildman–Crippen MR) is 83.4 cm³/mol. The monoisotopic (exact) mass is 323 g/mol. The normalized spacial score (nSPS) is 12.6. The van der Waals surface area contributed by atoms with Gasteiger partial charge in [-0.2, -0.15) is 0 Å². The Bertz CT molecular complexity index is 507.